The van der Waals surface area contributed by atoms with E-state index in [4.69, 9.17) is 20.7 Å². The Morgan fingerprint density at radius 3 is 2.10 bits per heavy atom. The summed E-state index contributed by atoms with van der Waals surface area (Å²) in [4.78, 5) is 50.8. The highest BCUT2D eigenvalue weighted by atomic mass is 16.5. The Bertz CT molecular complexity index is 1070. The molecule has 4 N–H and O–H groups in total. The molecule has 10 heteroatoms. The van der Waals surface area contributed by atoms with Crippen molar-refractivity contribution in [2.75, 3.05) is 0 Å². The van der Waals surface area contributed by atoms with Gasteiger partial charge in [0.15, 0.2) is 5.69 Å². The molecule has 0 saturated carbocycles. The van der Waals surface area contributed by atoms with E-state index in [0.29, 0.717) is 0 Å². The van der Waals surface area contributed by atoms with E-state index >= 15 is 0 Å². The average molecular weight is 423 g/mol. The van der Waals surface area contributed by atoms with Crippen LogP contribution in [-0.2, 0) is 11.3 Å². The topological polar surface area (TPSA) is 170 Å². The molecule has 0 saturated heterocycles. The number of hydrogen-bond donors (Lipinski definition) is 3. The lowest BCUT2D eigenvalue weighted by Gasteiger charge is -2.04. The maximum Gasteiger partial charge on any atom is 0.357 e. The van der Waals surface area contributed by atoms with Crippen LogP contribution >= 0.6 is 0 Å². The van der Waals surface area contributed by atoms with Gasteiger partial charge in [-0.2, -0.15) is 0 Å². The number of primary amides is 1. The molecule has 2 heterocycles. The number of amides is 1. The number of carbonyl (C=O) groups is 4. The van der Waals surface area contributed by atoms with Crippen LogP contribution in [0.3, 0.4) is 0 Å². The fraction of sp³-hybridized carbons (Fsp3) is 0.0476. The number of pyridine rings is 2. The number of nitrogens with two attached hydrogens (primary N) is 1. The van der Waals surface area contributed by atoms with Crippen molar-refractivity contribution >= 4 is 23.8 Å². The second-order valence-electron chi connectivity index (χ2n) is 5.84. The van der Waals surface area contributed by atoms with Gasteiger partial charge in [0.25, 0.3) is 5.91 Å². The van der Waals surface area contributed by atoms with Crippen LogP contribution in [0, 0.1) is 0 Å². The number of carbonyl (C=O) groups excluding carboxylic acids is 2. The van der Waals surface area contributed by atoms with Gasteiger partial charge in [-0.1, -0.05) is 36.4 Å². The molecule has 0 unspecified atom stereocenters. The van der Waals surface area contributed by atoms with Crippen molar-refractivity contribution in [1.29, 1.82) is 0 Å². The molecule has 0 aliphatic heterocycles. The molecule has 31 heavy (non-hydrogen) atoms. The molecule has 0 radical (unpaired) electrons. The molecule has 3 aromatic rings. The van der Waals surface area contributed by atoms with Crippen LogP contribution in [0.4, 0.5) is 0 Å². The highest BCUT2D eigenvalue weighted by Gasteiger charge is 2.14. The van der Waals surface area contributed by atoms with E-state index in [-0.39, 0.29) is 29.3 Å². The van der Waals surface area contributed by atoms with Crippen LogP contribution in [-0.4, -0.2) is 44.0 Å². The fourth-order valence-electron chi connectivity index (χ4n) is 2.24. The maximum absolute atomic E-state index is 11.7. The van der Waals surface area contributed by atoms with E-state index in [1.165, 1.54) is 36.5 Å². The van der Waals surface area contributed by atoms with Gasteiger partial charge in [0, 0.05) is 6.20 Å². The fourth-order valence-corrected chi connectivity index (χ4v) is 2.24. The van der Waals surface area contributed by atoms with Crippen molar-refractivity contribution in [2.24, 2.45) is 5.73 Å². The van der Waals surface area contributed by atoms with Gasteiger partial charge in [-0.3, -0.25) is 4.79 Å². The third-order valence-corrected chi connectivity index (χ3v) is 3.67. The smallest absolute Gasteiger partial charge is 0.357 e. The third-order valence-electron chi connectivity index (χ3n) is 3.67. The molecule has 0 atom stereocenters. The molecule has 0 fully saturated rings. The Morgan fingerprint density at radius 1 is 0.839 bits per heavy atom. The minimum Gasteiger partial charge on any atom is -0.477 e. The highest BCUT2D eigenvalue weighted by molar-refractivity contribution is 6.02. The highest BCUT2D eigenvalue weighted by Crippen LogP contribution is 2.06. The zero-order valence-electron chi connectivity index (χ0n) is 16.0. The first-order valence-corrected chi connectivity index (χ1v) is 8.69. The summed E-state index contributed by atoms with van der Waals surface area (Å²) in [6.07, 6.45) is 1.29. The Morgan fingerprint density at radius 2 is 1.52 bits per heavy atom. The van der Waals surface area contributed by atoms with Gasteiger partial charge in [0.1, 0.15) is 18.0 Å². The average Bonchev–Trinajstić information content (AvgIpc) is 2.78. The Labute approximate surface area is 176 Å². The minimum atomic E-state index is -1.26. The predicted molar refractivity (Wildman–Crippen MR) is 106 cm³/mol. The summed E-state index contributed by atoms with van der Waals surface area (Å²) in [6.45, 7) is 0.124. The summed E-state index contributed by atoms with van der Waals surface area (Å²) in [7, 11) is 0. The number of benzene rings is 1. The largest absolute Gasteiger partial charge is 0.477 e. The first-order chi connectivity index (χ1) is 14.8. The number of esters is 1. The third kappa shape index (κ3) is 6.75. The Hall–Kier alpha value is -4.60. The summed E-state index contributed by atoms with van der Waals surface area (Å²) in [5.74, 6) is -3.88. The molecule has 10 nitrogen and oxygen atoms in total. The van der Waals surface area contributed by atoms with Crippen LogP contribution in [0.5, 0.6) is 0 Å². The van der Waals surface area contributed by atoms with Crippen LogP contribution in [0.15, 0.2) is 66.9 Å². The van der Waals surface area contributed by atoms with E-state index in [1.54, 1.807) is 0 Å². The van der Waals surface area contributed by atoms with Crippen molar-refractivity contribution in [3.8, 4) is 0 Å². The monoisotopic (exact) mass is 423 g/mol. The molecule has 0 bridgehead atoms. The van der Waals surface area contributed by atoms with Crippen molar-refractivity contribution in [2.45, 2.75) is 6.61 Å². The van der Waals surface area contributed by atoms with Crippen molar-refractivity contribution in [3.63, 3.8) is 0 Å². The molecule has 2 aromatic heterocycles. The summed E-state index contributed by atoms with van der Waals surface area (Å²) in [6, 6.07) is 16.2. The van der Waals surface area contributed by atoms with Gasteiger partial charge >= 0.3 is 17.9 Å². The number of nitrogens with zero attached hydrogens (tertiary/aromatic N) is 2. The number of hydrogen-bond acceptors (Lipinski definition) is 7. The lowest BCUT2D eigenvalue weighted by Crippen LogP contribution is -2.17. The molecular formula is C21H17N3O7. The van der Waals surface area contributed by atoms with Gasteiger partial charge in [-0.15, -0.1) is 0 Å². The maximum atomic E-state index is 11.7. The van der Waals surface area contributed by atoms with E-state index < -0.39 is 23.8 Å². The van der Waals surface area contributed by atoms with Gasteiger partial charge in [0.05, 0.1) is 5.56 Å². The van der Waals surface area contributed by atoms with E-state index in [0.717, 1.165) is 5.56 Å². The summed E-state index contributed by atoms with van der Waals surface area (Å²) in [5.41, 5.74) is 5.16. The lowest BCUT2D eigenvalue weighted by atomic mass is 10.2. The minimum absolute atomic E-state index is 0.0177. The second-order valence-corrected chi connectivity index (χ2v) is 5.84. The predicted octanol–water partition coefficient (Wildman–Crippen LogP) is 2.02. The number of carboxylic acid groups (broad SMARTS) is 2. The molecule has 3 rings (SSSR count). The van der Waals surface area contributed by atoms with Gasteiger partial charge < -0.3 is 20.7 Å². The van der Waals surface area contributed by atoms with Crippen molar-refractivity contribution in [3.05, 3.63) is 95.1 Å². The van der Waals surface area contributed by atoms with E-state index in [1.807, 2.05) is 30.3 Å². The van der Waals surface area contributed by atoms with Crippen LogP contribution in [0.25, 0.3) is 0 Å². The standard InChI is InChI=1S/C14H11NO4.C7H6N2O3/c16-13(17)11-7-4-8-12(15-11)14(18)19-9-10-5-2-1-3-6-10;8-6(10)4-2-1-3-9-5(4)7(11)12/h1-8H,9H2,(H,16,17);1-3H,(H2,8,10)(H,11,12). The van der Waals surface area contributed by atoms with Crippen LogP contribution in [0.1, 0.15) is 47.4 Å². The zero-order chi connectivity index (χ0) is 22.8. The number of ether oxygens (including phenoxy) is 1. The van der Waals surface area contributed by atoms with Gasteiger partial charge in [-0.05, 0) is 29.8 Å². The quantitative estimate of drug-likeness (QED) is 0.502. The zero-order valence-corrected chi connectivity index (χ0v) is 16.0. The molecule has 158 valence electrons. The molecular weight excluding hydrogens is 406 g/mol. The van der Waals surface area contributed by atoms with Crippen molar-refractivity contribution < 1.29 is 34.1 Å². The molecule has 0 aliphatic carbocycles. The summed E-state index contributed by atoms with van der Waals surface area (Å²) in [5, 5.41) is 17.3. The normalized spacial score (nSPS) is 9.68. The Kier molecular flexibility index (Phi) is 7.91. The first kappa shape index (κ1) is 22.7. The Balaban J connectivity index is 0.000000245. The molecule has 0 spiro atoms. The number of rotatable bonds is 6. The van der Waals surface area contributed by atoms with Gasteiger partial charge in [-0.25, -0.2) is 24.4 Å². The van der Waals surface area contributed by atoms with E-state index in [9.17, 15) is 19.2 Å². The summed E-state index contributed by atoms with van der Waals surface area (Å²) >= 11 is 0. The second kappa shape index (κ2) is 10.8. The summed E-state index contributed by atoms with van der Waals surface area (Å²) < 4.78 is 5.05. The van der Waals surface area contributed by atoms with Crippen LogP contribution < -0.4 is 5.73 Å². The van der Waals surface area contributed by atoms with E-state index in [2.05, 4.69) is 9.97 Å². The number of aromatic carboxylic acids is 2. The van der Waals surface area contributed by atoms with Crippen LogP contribution in [0.2, 0.25) is 0 Å². The number of carboxylic acids is 2. The molecule has 0 aliphatic rings. The molecule has 1 aromatic carbocycles. The number of aromatic nitrogens is 2. The first-order valence-electron chi connectivity index (χ1n) is 8.69. The lowest BCUT2D eigenvalue weighted by molar-refractivity contribution is 0.0465. The SMILES string of the molecule is NC(=O)c1cccnc1C(=O)O.O=C(O)c1cccc(C(=O)OCc2ccccc2)n1. The van der Waals surface area contributed by atoms with Crippen molar-refractivity contribution in [1.82, 2.24) is 9.97 Å². The molecule has 1 amide bonds. The van der Waals surface area contributed by atoms with Gasteiger partial charge in [0.2, 0.25) is 0 Å².